The number of carbonyl (C=O) groups excluding carboxylic acids is 2. The van der Waals surface area contributed by atoms with Crippen molar-refractivity contribution in [2.75, 3.05) is 26.8 Å². The molecule has 2 amide bonds. The Kier molecular flexibility index (Phi) is 10.7. The van der Waals surface area contributed by atoms with E-state index in [4.69, 9.17) is 9.47 Å². The molecule has 0 radical (unpaired) electrons. The Hall–Kier alpha value is -3.73. The van der Waals surface area contributed by atoms with E-state index in [0.717, 1.165) is 12.8 Å². The number of halogens is 1. The number of hydrogen-bond acceptors (Lipinski definition) is 7. The number of nitrogens with zero attached hydrogens (tertiary/aromatic N) is 1. The van der Waals surface area contributed by atoms with Crippen LogP contribution in [0.5, 0.6) is 11.5 Å². The van der Waals surface area contributed by atoms with Crippen molar-refractivity contribution in [3.63, 3.8) is 0 Å². The number of aliphatic hydroxyl groups excluding tert-OH is 3. The Morgan fingerprint density at radius 1 is 1.19 bits per heavy atom. The molecule has 0 spiro atoms. The van der Waals surface area contributed by atoms with Crippen LogP contribution in [0.1, 0.15) is 48.3 Å². The summed E-state index contributed by atoms with van der Waals surface area (Å²) in [7, 11) is 1.46. The van der Waals surface area contributed by atoms with Gasteiger partial charge in [0.15, 0.2) is 11.5 Å². The Bertz CT molecular complexity index is 1310. The fourth-order valence-electron chi connectivity index (χ4n) is 5.71. The first-order chi connectivity index (χ1) is 20.3. The molecule has 4 rings (SSSR count). The van der Waals surface area contributed by atoms with Crippen molar-refractivity contribution in [2.24, 2.45) is 0 Å². The zero-order valence-electron chi connectivity index (χ0n) is 23.8. The van der Waals surface area contributed by atoms with Crippen LogP contribution in [0.4, 0.5) is 4.39 Å². The van der Waals surface area contributed by atoms with Gasteiger partial charge in [-0.3, -0.25) is 9.59 Å². The number of ether oxygens (including phenoxy) is 2. The van der Waals surface area contributed by atoms with E-state index in [0.29, 0.717) is 41.0 Å². The first-order valence-electron chi connectivity index (χ1n) is 14.2. The van der Waals surface area contributed by atoms with E-state index in [1.807, 2.05) is 0 Å². The third kappa shape index (κ3) is 6.83. The summed E-state index contributed by atoms with van der Waals surface area (Å²) in [4.78, 5) is 28.7. The molecular weight excluding hydrogens is 543 g/mol. The topological polar surface area (TPSA) is 129 Å². The molecule has 0 fully saturated rings. The summed E-state index contributed by atoms with van der Waals surface area (Å²) in [5, 5.41) is 33.6. The molecule has 0 saturated heterocycles. The lowest BCUT2D eigenvalue weighted by molar-refractivity contribution is -0.137. The summed E-state index contributed by atoms with van der Waals surface area (Å²) in [6, 6.07) is 8.57. The van der Waals surface area contributed by atoms with Gasteiger partial charge < -0.3 is 35.0 Å². The molecule has 10 heteroatoms. The Labute approximate surface area is 245 Å². The number of benzene rings is 2. The maximum absolute atomic E-state index is 13.9. The lowest BCUT2D eigenvalue weighted by atomic mass is 9.77. The minimum atomic E-state index is -1.22. The quantitative estimate of drug-likeness (QED) is 0.199. The summed E-state index contributed by atoms with van der Waals surface area (Å²) in [6.07, 6.45) is 3.97. The minimum Gasteiger partial charge on any atom is -0.493 e. The van der Waals surface area contributed by atoms with Crippen molar-refractivity contribution in [1.82, 2.24) is 10.2 Å². The van der Waals surface area contributed by atoms with Crippen LogP contribution in [0.25, 0.3) is 0 Å². The van der Waals surface area contributed by atoms with E-state index in [1.54, 1.807) is 41.3 Å². The van der Waals surface area contributed by atoms with E-state index in [9.17, 15) is 29.3 Å². The van der Waals surface area contributed by atoms with Gasteiger partial charge in [-0.1, -0.05) is 18.2 Å². The van der Waals surface area contributed by atoms with Crippen LogP contribution < -0.4 is 14.8 Å². The smallest absolute Gasteiger partial charge is 0.247 e. The van der Waals surface area contributed by atoms with Gasteiger partial charge in [0, 0.05) is 30.6 Å². The van der Waals surface area contributed by atoms with Crippen LogP contribution in [0, 0.1) is 5.82 Å². The van der Waals surface area contributed by atoms with Crippen molar-refractivity contribution < 1.29 is 38.8 Å². The molecule has 1 heterocycles. The maximum Gasteiger partial charge on any atom is 0.247 e. The van der Waals surface area contributed by atoms with Crippen LogP contribution in [0.3, 0.4) is 0 Å². The van der Waals surface area contributed by atoms with Gasteiger partial charge in [-0.2, -0.15) is 0 Å². The molecular formula is C32H39FN2O7. The predicted molar refractivity (Wildman–Crippen MR) is 155 cm³/mol. The van der Waals surface area contributed by atoms with E-state index in [2.05, 4.69) is 11.9 Å². The highest BCUT2D eigenvalue weighted by atomic mass is 19.1. The molecule has 4 unspecified atom stereocenters. The monoisotopic (exact) mass is 582 g/mol. The SMILES string of the molecule is C=CCCCCC(=O)N(CCc1cccc(F)c1)C1C=C(C(=O)NCCO)C2c3cc(CO)cc(OC)c3OC2C1O. The van der Waals surface area contributed by atoms with Crippen molar-refractivity contribution >= 4 is 11.8 Å². The number of fused-ring (bicyclic) bond motifs is 3. The van der Waals surface area contributed by atoms with Crippen LogP contribution in [-0.4, -0.2) is 77.1 Å². The highest BCUT2D eigenvalue weighted by molar-refractivity contribution is 5.96. The number of nitrogens with one attached hydrogen (secondary N) is 1. The van der Waals surface area contributed by atoms with Crippen molar-refractivity contribution in [3.05, 3.63) is 83.2 Å². The summed E-state index contributed by atoms with van der Waals surface area (Å²) in [6.45, 7) is 3.38. The van der Waals surface area contributed by atoms with Gasteiger partial charge in [0.05, 0.1) is 32.3 Å². The fraction of sp³-hybridized carbons (Fsp3) is 0.438. The van der Waals surface area contributed by atoms with E-state index >= 15 is 0 Å². The largest absolute Gasteiger partial charge is 0.493 e. The number of unbranched alkanes of at least 4 members (excludes halogenated alkanes) is 2. The average molecular weight is 583 g/mol. The van der Waals surface area contributed by atoms with Gasteiger partial charge in [-0.15, -0.1) is 6.58 Å². The summed E-state index contributed by atoms with van der Waals surface area (Å²) in [5.41, 5.74) is 2.09. The molecule has 0 aromatic heterocycles. The number of amides is 2. The summed E-state index contributed by atoms with van der Waals surface area (Å²) in [5.74, 6) is -1.06. The number of hydrogen-bond donors (Lipinski definition) is 4. The lowest BCUT2D eigenvalue weighted by Crippen LogP contribution is -2.56. The van der Waals surface area contributed by atoms with Crippen LogP contribution in [0.2, 0.25) is 0 Å². The van der Waals surface area contributed by atoms with Gasteiger partial charge in [-0.05, 0) is 67.2 Å². The first kappa shape index (κ1) is 31.2. The zero-order valence-corrected chi connectivity index (χ0v) is 23.8. The second-order valence-corrected chi connectivity index (χ2v) is 10.5. The molecule has 9 nitrogen and oxygen atoms in total. The number of aliphatic hydroxyl groups is 3. The van der Waals surface area contributed by atoms with E-state index < -0.39 is 30.1 Å². The summed E-state index contributed by atoms with van der Waals surface area (Å²) < 4.78 is 25.7. The Morgan fingerprint density at radius 3 is 2.69 bits per heavy atom. The molecule has 0 bridgehead atoms. The van der Waals surface area contributed by atoms with Gasteiger partial charge in [0.2, 0.25) is 11.8 Å². The van der Waals surface area contributed by atoms with Crippen LogP contribution in [-0.2, 0) is 22.6 Å². The molecule has 42 heavy (non-hydrogen) atoms. The van der Waals surface area contributed by atoms with Gasteiger partial charge in [0.1, 0.15) is 18.0 Å². The zero-order chi connectivity index (χ0) is 30.2. The number of rotatable bonds is 14. The standard InChI is InChI=1S/C32H39FN2O7/c1-3-4-5-6-10-27(38)35(13-11-20-8-7-9-22(33)15-20)25-18-24(32(40)34-12-14-36)28-23-16-21(19-37)17-26(41-2)30(23)42-31(28)29(25)39/h3,7-9,15-18,25,28-29,31,36-37,39H,1,4-6,10-14,19H2,2H3,(H,34,40). The number of allylic oxidation sites excluding steroid dienone is 1. The molecule has 4 atom stereocenters. The highest BCUT2D eigenvalue weighted by Crippen LogP contribution is 2.51. The molecule has 2 aliphatic rings. The second-order valence-electron chi connectivity index (χ2n) is 10.5. The summed E-state index contributed by atoms with van der Waals surface area (Å²) >= 11 is 0. The molecule has 2 aromatic rings. The second kappa shape index (κ2) is 14.4. The molecule has 0 saturated carbocycles. The van der Waals surface area contributed by atoms with Crippen LogP contribution >= 0.6 is 0 Å². The number of carbonyl (C=O) groups is 2. The first-order valence-corrected chi connectivity index (χ1v) is 14.2. The highest BCUT2D eigenvalue weighted by Gasteiger charge is 2.51. The third-order valence-corrected chi connectivity index (χ3v) is 7.75. The van der Waals surface area contributed by atoms with Gasteiger partial charge in [0.25, 0.3) is 0 Å². The van der Waals surface area contributed by atoms with E-state index in [1.165, 1.54) is 19.2 Å². The van der Waals surface area contributed by atoms with E-state index in [-0.39, 0.29) is 50.0 Å². The number of methoxy groups -OCH3 is 1. The lowest BCUT2D eigenvalue weighted by Gasteiger charge is -2.41. The minimum absolute atomic E-state index is 0.0139. The predicted octanol–water partition coefficient (Wildman–Crippen LogP) is 2.77. The molecule has 2 aromatic carbocycles. The molecule has 226 valence electrons. The maximum atomic E-state index is 13.9. The van der Waals surface area contributed by atoms with Crippen molar-refractivity contribution in [2.45, 2.75) is 62.9 Å². The van der Waals surface area contributed by atoms with Gasteiger partial charge in [-0.25, -0.2) is 4.39 Å². The Balaban J connectivity index is 1.74. The van der Waals surface area contributed by atoms with Crippen molar-refractivity contribution in [3.8, 4) is 11.5 Å². The fourth-order valence-corrected chi connectivity index (χ4v) is 5.71. The Morgan fingerprint density at radius 2 is 2.00 bits per heavy atom. The molecule has 1 aliphatic carbocycles. The van der Waals surface area contributed by atoms with Gasteiger partial charge >= 0.3 is 0 Å². The average Bonchev–Trinajstić information content (AvgIpc) is 3.38. The third-order valence-electron chi connectivity index (χ3n) is 7.75. The van der Waals surface area contributed by atoms with Crippen molar-refractivity contribution in [1.29, 1.82) is 0 Å². The normalized spacial score (nSPS) is 20.5. The molecule has 4 N–H and O–H groups in total. The van der Waals surface area contributed by atoms with Crippen LogP contribution in [0.15, 0.2) is 60.7 Å². The molecule has 1 aliphatic heterocycles.